The number of halogens is 2. The molecular formula is C16H20F2N2O. The van der Waals surface area contributed by atoms with Crippen LogP contribution in [0.25, 0.3) is 0 Å². The van der Waals surface area contributed by atoms with E-state index in [4.69, 9.17) is 0 Å². The molecule has 0 bridgehead atoms. The van der Waals surface area contributed by atoms with Gasteiger partial charge in [0.15, 0.2) is 0 Å². The maximum atomic E-state index is 14.0. The van der Waals surface area contributed by atoms with Crippen molar-refractivity contribution in [2.75, 3.05) is 13.1 Å². The highest BCUT2D eigenvalue weighted by Crippen LogP contribution is 2.30. The van der Waals surface area contributed by atoms with Gasteiger partial charge in [-0.25, -0.2) is 8.78 Å². The average Bonchev–Trinajstić information content (AvgIpc) is 2.82. The molecule has 1 aliphatic carbocycles. The largest absolute Gasteiger partial charge is 0.321 e. The van der Waals surface area contributed by atoms with Crippen LogP contribution in [0.15, 0.2) is 18.2 Å². The molecule has 1 heterocycles. The van der Waals surface area contributed by atoms with Gasteiger partial charge in [-0.05, 0) is 30.9 Å². The van der Waals surface area contributed by atoms with Crippen molar-refractivity contribution in [2.24, 2.45) is 5.92 Å². The minimum Gasteiger partial charge on any atom is -0.321 e. The lowest BCUT2D eigenvalue weighted by atomic mass is 9.89. The first-order valence-electron chi connectivity index (χ1n) is 7.63. The van der Waals surface area contributed by atoms with E-state index in [0.29, 0.717) is 18.0 Å². The number of benzene rings is 1. The zero-order valence-corrected chi connectivity index (χ0v) is 11.9. The summed E-state index contributed by atoms with van der Waals surface area (Å²) >= 11 is 0. The van der Waals surface area contributed by atoms with Crippen LogP contribution in [0.1, 0.15) is 43.8 Å². The van der Waals surface area contributed by atoms with Gasteiger partial charge in [-0.1, -0.05) is 19.3 Å². The number of nitrogens with zero attached hydrogens (tertiary/aromatic N) is 1. The first kappa shape index (κ1) is 14.4. The summed E-state index contributed by atoms with van der Waals surface area (Å²) < 4.78 is 27.0. The molecule has 1 amide bonds. The van der Waals surface area contributed by atoms with Crippen LogP contribution in [0.5, 0.6) is 0 Å². The summed E-state index contributed by atoms with van der Waals surface area (Å²) in [7, 11) is 0. The van der Waals surface area contributed by atoms with Gasteiger partial charge >= 0.3 is 0 Å². The fourth-order valence-corrected chi connectivity index (χ4v) is 3.40. The number of carbonyl (C=O) groups is 1. The van der Waals surface area contributed by atoms with Crippen LogP contribution in [0.2, 0.25) is 0 Å². The summed E-state index contributed by atoms with van der Waals surface area (Å²) in [6.45, 7) is 0.877. The Labute approximate surface area is 123 Å². The summed E-state index contributed by atoms with van der Waals surface area (Å²) in [4.78, 5) is 13.8. The fourth-order valence-electron chi connectivity index (χ4n) is 3.40. The molecule has 1 aromatic carbocycles. The van der Waals surface area contributed by atoms with E-state index < -0.39 is 17.8 Å². The zero-order valence-electron chi connectivity index (χ0n) is 11.9. The van der Waals surface area contributed by atoms with Crippen LogP contribution < -0.4 is 5.32 Å². The molecule has 21 heavy (non-hydrogen) atoms. The van der Waals surface area contributed by atoms with Gasteiger partial charge in [0.2, 0.25) is 5.91 Å². The quantitative estimate of drug-likeness (QED) is 0.929. The Morgan fingerprint density at radius 2 is 1.95 bits per heavy atom. The SMILES string of the molecule is O=C1CNC(c2ccc(F)cc2F)N1CC1CCCCC1. The molecular weight excluding hydrogens is 274 g/mol. The molecule has 2 fully saturated rings. The predicted octanol–water partition coefficient (Wildman–Crippen LogP) is 2.98. The van der Waals surface area contributed by atoms with Crippen molar-refractivity contribution in [3.63, 3.8) is 0 Å². The first-order chi connectivity index (χ1) is 10.1. The second-order valence-electron chi connectivity index (χ2n) is 6.00. The third-order valence-electron chi connectivity index (χ3n) is 4.52. The third-order valence-corrected chi connectivity index (χ3v) is 4.52. The van der Waals surface area contributed by atoms with E-state index in [1.54, 1.807) is 4.90 Å². The molecule has 1 N–H and O–H groups in total. The number of nitrogens with one attached hydrogen (secondary N) is 1. The Hall–Kier alpha value is -1.49. The van der Waals surface area contributed by atoms with Gasteiger partial charge in [-0.3, -0.25) is 10.1 Å². The Morgan fingerprint density at radius 1 is 1.19 bits per heavy atom. The topological polar surface area (TPSA) is 32.3 Å². The Kier molecular flexibility index (Phi) is 4.19. The summed E-state index contributed by atoms with van der Waals surface area (Å²) in [6.07, 6.45) is 5.45. The molecule has 5 heteroatoms. The lowest BCUT2D eigenvalue weighted by molar-refractivity contribution is -0.128. The van der Waals surface area contributed by atoms with Crippen LogP contribution in [0, 0.1) is 17.6 Å². The summed E-state index contributed by atoms with van der Waals surface area (Å²) in [6, 6.07) is 3.54. The van der Waals surface area contributed by atoms with Crippen LogP contribution >= 0.6 is 0 Å². The van der Waals surface area contributed by atoms with Gasteiger partial charge in [0.1, 0.15) is 17.8 Å². The van der Waals surface area contributed by atoms with Crippen LogP contribution in [0.4, 0.5) is 8.78 Å². The van der Waals surface area contributed by atoms with E-state index >= 15 is 0 Å². The van der Waals surface area contributed by atoms with Crippen molar-refractivity contribution >= 4 is 5.91 Å². The minimum absolute atomic E-state index is 0.00528. The Balaban J connectivity index is 1.78. The third kappa shape index (κ3) is 3.07. The van der Waals surface area contributed by atoms with E-state index in [1.807, 2.05) is 0 Å². The molecule has 2 aliphatic rings. The van der Waals surface area contributed by atoms with Crippen LogP contribution in [0.3, 0.4) is 0 Å². The van der Waals surface area contributed by atoms with Gasteiger partial charge in [0.25, 0.3) is 0 Å². The van der Waals surface area contributed by atoms with Crippen molar-refractivity contribution in [1.29, 1.82) is 0 Å². The van der Waals surface area contributed by atoms with Gasteiger partial charge < -0.3 is 4.90 Å². The summed E-state index contributed by atoms with van der Waals surface area (Å²) in [5.74, 6) is -0.710. The van der Waals surface area contributed by atoms with E-state index in [1.165, 1.54) is 31.4 Å². The van der Waals surface area contributed by atoms with Crippen molar-refractivity contribution in [2.45, 2.75) is 38.3 Å². The summed E-state index contributed by atoms with van der Waals surface area (Å²) in [5, 5.41) is 3.04. The Bertz CT molecular complexity index is 529. The fraction of sp³-hybridized carbons (Fsp3) is 0.562. The molecule has 0 aromatic heterocycles. The molecule has 1 aromatic rings. The Morgan fingerprint density at radius 3 is 2.67 bits per heavy atom. The molecule has 1 aliphatic heterocycles. The molecule has 3 rings (SSSR count). The number of rotatable bonds is 3. The van der Waals surface area contributed by atoms with Gasteiger partial charge in [-0.15, -0.1) is 0 Å². The molecule has 114 valence electrons. The molecule has 3 nitrogen and oxygen atoms in total. The van der Waals surface area contributed by atoms with Crippen molar-refractivity contribution < 1.29 is 13.6 Å². The van der Waals surface area contributed by atoms with E-state index in [0.717, 1.165) is 18.9 Å². The molecule has 0 spiro atoms. The van der Waals surface area contributed by atoms with Crippen molar-refractivity contribution in [1.82, 2.24) is 10.2 Å². The predicted molar refractivity (Wildman–Crippen MR) is 75.4 cm³/mol. The van der Waals surface area contributed by atoms with E-state index in [-0.39, 0.29) is 12.5 Å². The molecule has 1 saturated carbocycles. The van der Waals surface area contributed by atoms with Gasteiger partial charge in [0, 0.05) is 18.2 Å². The highest BCUT2D eigenvalue weighted by Gasteiger charge is 2.34. The highest BCUT2D eigenvalue weighted by atomic mass is 19.1. The van der Waals surface area contributed by atoms with Gasteiger partial charge in [0.05, 0.1) is 6.54 Å². The van der Waals surface area contributed by atoms with Crippen LogP contribution in [-0.4, -0.2) is 23.9 Å². The second kappa shape index (κ2) is 6.10. The second-order valence-corrected chi connectivity index (χ2v) is 6.00. The lowest BCUT2D eigenvalue weighted by Crippen LogP contribution is -2.35. The molecule has 1 unspecified atom stereocenters. The minimum atomic E-state index is -0.601. The molecule has 1 atom stereocenters. The van der Waals surface area contributed by atoms with Crippen molar-refractivity contribution in [3.8, 4) is 0 Å². The molecule has 0 radical (unpaired) electrons. The number of hydrogen-bond donors (Lipinski definition) is 1. The average molecular weight is 294 g/mol. The smallest absolute Gasteiger partial charge is 0.238 e. The number of hydrogen-bond acceptors (Lipinski definition) is 2. The normalized spacial score (nSPS) is 23.8. The summed E-state index contributed by atoms with van der Waals surface area (Å²) in [5.41, 5.74) is 0.345. The number of amides is 1. The number of carbonyl (C=O) groups excluding carboxylic acids is 1. The monoisotopic (exact) mass is 294 g/mol. The standard InChI is InChI=1S/C16H20F2N2O/c17-12-6-7-13(14(18)8-12)16-19-9-15(21)20(16)10-11-4-2-1-3-5-11/h6-8,11,16,19H,1-5,9-10H2. The maximum Gasteiger partial charge on any atom is 0.238 e. The first-order valence-corrected chi connectivity index (χ1v) is 7.63. The van der Waals surface area contributed by atoms with Gasteiger partial charge in [-0.2, -0.15) is 0 Å². The van der Waals surface area contributed by atoms with Crippen LogP contribution in [-0.2, 0) is 4.79 Å². The van der Waals surface area contributed by atoms with Crippen molar-refractivity contribution in [3.05, 3.63) is 35.4 Å². The maximum absolute atomic E-state index is 14.0. The van der Waals surface area contributed by atoms with E-state index in [9.17, 15) is 13.6 Å². The lowest BCUT2D eigenvalue weighted by Gasteiger charge is -2.31. The zero-order chi connectivity index (χ0) is 14.8. The highest BCUT2D eigenvalue weighted by molar-refractivity contribution is 5.81. The van der Waals surface area contributed by atoms with E-state index in [2.05, 4.69) is 5.32 Å². The molecule has 1 saturated heterocycles.